The summed E-state index contributed by atoms with van der Waals surface area (Å²) >= 11 is 0. The van der Waals surface area contributed by atoms with E-state index in [0.717, 1.165) is 5.56 Å². The van der Waals surface area contributed by atoms with Gasteiger partial charge in [0.25, 0.3) is 0 Å². The standard InChI is InChI=1S/C12H14O2/c1-3-4-9-14-12-8-6-5-7-11(12)10(2)13/h1,5-8,10,13H,4,9H2,2H3/t10-/m1/s1. The highest BCUT2D eigenvalue weighted by atomic mass is 16.5. The largest absolute Gasteiger partial charge is 0.492 e. The van der Waals surface area contributed by atoms with Crippen molar-refractivity contribution in [1.29, 1.82) is 0 Å². The third-order valence-electron chi connectivity index (χ3n) is 1.87. The van der Waals surface area contributed by atoms with E-state index in [4.69, 9.17) is 11.2 Å². The fourth-order valence-corrected chi connectivity index (χ4v) is 1.18. The molecule has 1 rings (SSSR count). The van der Waals surface area contributed by atoms with Crippen molar-refractivity contribution in [3.8, 4) is 18.1 Å². The van der Waals surface area contributed by atoms with E-state index in [0.29, 0.717) is 18.8 Å². The van der Waals surface area contributed by atoms with Gasteiger partial charge in [0.1, 0.15) is 5.75 Å². The molecule has 2 nitrogen and oxygen atoms in total. The number of rotatable bonds is 4. The molecule has 0 amide bonds. The van der Waals surface area contributed by atoms with Gasteiger partial charge in [0.05, 0.1) is 12.7 Å². The van der Waals surface area contributed by atoms with Crippen LogP contribution in [0.4, 0.5) is 0 Å². The van der Waals surface area contributed by atoms with Gasteiger partial charge in [-0.05, 0) is 13.0 Å². The number of para-hydroxylation sites is 1. The Morgan fingerprint density at radius 3 is 2.86 bits per heavy atom. The number of hydrogen-bond donors (Lipinski definition) is 1. The zero-order chi connectivity index (χ0) is 10.4. The van der Waals surface area contributed by atoms with E-state index < -0.39 is 6.10 Å². The van der Waals surface area contributed by atoms with Crippen LogP contribution in [-0.2, 0) is 0 Å². The third-order valence-corrected chi connectivity index (χ3v) is 1.87. The molecule has 74 valence electrons. The number of ether oxygens (including phenoxy) is 1. The quantitative estimate of drug-likeness (QED) is 0.582. The van der Waals surface area contributed by atoms with Crippen LogP contribution < -0.4 is 4.74 Å². The maximum Gasteiger partial charge on any atom is 0.125 e. The lowest BCUT2D eigenvalue weighted by atomic mass is 10.1. The Morgan fingerprint density at radius 2 is 2.21 bits per heavy atom. The van der Waals surface area contributed by atoms with Crippen LogP contribution in [-0.4, -0.2) is 11.7 Å². The Kier molecular flexibility index (Phi) is 4.03. The maximum absolute atomic E-state index is 9.44. The first-order valence-corrected chi connectivity index (χ1v) is 4.59. The second kappa shape index (κ2) is 5.31. The molecular formula is C12H14O2. The maximum atomic E-state index is 9.44. The van der Waals surface area contributed by atoms with E-state index in [-0.39, 0.29) is 0 Å². The highest BCUT2D eigenvalue weighted by Gasteiger charge is 2.07. The second-order valence-electron chi connectivity index (χ2n) is 3.02. The van der Waals surface area contributed by atoms with E-state index in [1.807, 2.05) is 24.3 Å². The lowest BCUT2D eigenvalue weighted by Crippen LogP contribution is -2.01. The lowest BCUT2D eigenvalue weighted by molar-refractivity contribution is 0.191. The summed E-state index contributed by atoms with van der Waals surface area (Å²) in [6.07, 6.45) is 5.17. The van der Waals surface area contributed by atoms with Crippen LogP contribution in [0.5, 0.6) is 5.75 Å². The molecule has 0 radical (unpaired) electrons. The van der Waals surface area contributed by atoms with Crippen molar-refractivity contribution in [2.45, 2.75) is 19.4 Å². The average molecular weight is 190 g/mol. The first-order chi connectivity index (χ1) is 6.75. The number of aliphatic hydroxyl groups is 1. The summed E-state index contributed by atoms with van der Waals surface area (Å²) in [5.41, 5.74) is 0.796. The van der Waals surface area contributed by atoms with Gasteiger partial charge in [0.2, 0.25) is 0 Å². The molecule has 0 aliphatic rings. The Balaban J connectivity index is 2.70. The van der Waals surface area contributed by atoms with Crippen LogP contribution in [0.3, 0.4) is 0 Å². The monoisotopic (exact) mass is 190 g/mol. The van der Waals surface area contributed by atoms with Crippen molar-refractivity contribution < 1.29 is 9.84 Å². The molecule has 0 heterocycles. The minimum absolute atomic E-state index is 0.486. The van der Waals surface area contributed by atoms with E-state index in [9.17, 15) is 5.11 Å². The predicted molar refractivity (Wildman–Crippen MR) is 56.0 cm³/mol. The first-order valence-electron chi connectivity index (χ1n) is 4.59. The Labute approximate surface area is 84.5 Å². The second-order valence-corrected chi connectivity index (χ2v) is 3.02. The fourth-order valence-electron chi connectivity index (χ4n) is 1.18. The highest BCUT2D eigenvalue weighted by Crippen LogP contribution is 2.24. The zero-order valence-corrected chi connectivity index (χ0v) is 8.23. The first kappa shape index (κ1) is 10.6. The molecule has 0 fully saturated rings. The van der Waals surface area contributed by atoms with Gasteiger partial charge in [0, 0.05) is 12.0 Å². The molecule has 0 spiro atoms. The Bertz CT molecular complexity index is 323. The smallest absolute Gasteiger partial charge is 0.125 e. The normalized spacial score (nSPS) is 11.8. The molecule has 2 heteroatoms. The van der Waals surface area contributed by atoms with Gasteiger partial charge in [0.15, 0.2) is 0 Å². The van der Waals surface area contributed by atoms with Crippen molar-refractivity contribution >= 4 is 0 Å². The van der Waals surface area contributed by atoms with Crippen molar-refractivity contribution in [3.63, 3.8) is 0 Å². The van der Waals surface area contributed by atoms with E-state index in [1.54, 1.807) is 6.92 Å². The minimum atomic E-state index is -0.517. The molecule has 0 bridgehead atoms. The summed E-state index contributed by atoms with van der Waals surface area (Å²) in [7, 11) is 0. The fraction of sp³-hybridized carbons (Fsp3) is 0.333. The third kappa shape index (κ3) is 2.79. The van der Waals surface area contributed by atoms with Crippen LogP contribution in [0, 0.1) is 12.3 Å². The summed E-state index contributed by atoms with van der Waals surface area (Å²) in [5.74, 6) is 3.21. The summed E-state index contributed by atoms with van der Waals surface area (Å²) in [4.78, 5) is 0. The predicted octanol–water partition coefficient (Wildman–Crippen LogP) is 2.14. The van der Waals surface area contributed by atoms with Gasteiger partial charge >= 0.3 is 0 Å². The minimum Gasteiger partial charge on any atom is -0.492 e. The van der Waals surface area contributed by atoms with Crippen LogP contribution in [0.2, 0.25) is 0 Å². The van der Waals surface area contributed by atoms with Gasteiger partial charge in [-0.25, -0.2) is 0 Å². The summed E-state index contributed by atoms with van der Waals surface area (Å²) in [6.45, 7) is 2.20. The SMILES string of the molecule is C#CCCOc1ccccc1[C@@H](C)O. The topological polar surface area (TPSA) is 29.5 Å². The summed E-state index contributed by atoms with van der Waals surface area (Å²) < 4.78 is 5.44. The average Bonchev–Trinajstić information content (AvgIpc) is 2.19. The van der Waals surface area contributed by atoms with E-state index in [2.05, 4.69) is 5.92 Å². The van der Waals surface area contributed by atoms with Crippen molar-refractivity contribution in [2.75, 3.05) is 6.61 Å². The molecule has 0 aliphatic carbocycles. The number of benzene rings is 1. The lowest BCUT2D eigenvalue weighted by Gasteiger charge is -2.11. The van der Waals surface area contributed by atoms with Crippen LogP contribution in [0.1, 0.15) is 25.0 Å². The molecule has 1 atom stereocenters. The number of terminal acetylenes is 1. The van der Waals surface area contributed by atoms with Gasteiger partial charge in [-0.1, -0.05) is 18.2 Å². The molecule has 1 N–H and O–H groups in total. The van der Waals surface area contributed by atoms with Crippen LogP contribution in [0.15, 0.2) is 24.3 Å². The molecule has 0 saturated carbocycles. The van der Waals surface area contributed by atoms with Gasteiger partial charge in [-0.15, -0.1) is 12.3 Å². The molecule has 0 aliphatic heterocycles. The van der Waals surface area contributed by atoms with E-state index in [1.165, 1.54) is 0 Å². The number of hydrogen-bond acceptors (Lipinski definition) is 2. The van der Waals surface area contributed by atoms with Crippen molar-refractivity contribution in [2.24, 2.45) is 0 Å². The molecule has 14 heavy (non-hydrogen) atoms. The Morgan fingerprint density at radius 1 is 1.50 bits per heavy atom. The molecule has 0 unspecified atom stereocenters. The molecule has 0 aromatic heterocycles. The Hall–Kier alpha value is -1.46. The van der Waals surface area contributed by atoms with Gasteiger partial charge < -0.3 is 9.84 Å². The highest BCUT2D eigenvalue weighted by molar-refractivity contribution is 5.34. The molecule has 1 aromatic carbocycles. The van der Waals surface area contributed by atoms with Gasteiger partial charge in [-0.2, -0.15) is 0 Å². The van der Waals surface area contributed by atoms with Crippen molar-refractivity contribution in [3.05, 3.63) is 29.8 Å². The van der Waals surface area contributed by atoms with E-state index >= 15 is 0 Å². The zero-order valence-electron chi connectivity index (χ0n) is 8.23. The molecule has 0 saturated heterocycles. The van der Waals surface area contributed by atoms with Gasteiger partial charge in [-0.3, -0.25) is 0 Å². The van der Waals surface area contributed by atoms with Crippen LogP contribution >= 0.6 is 0 Å². The number of aliphatic hydroxyl groups excluding tert-OH is 1. The molecule has 1 aromatic rings. The van der Waals surface area contributed by atoms with Crippen LogP contribution in [0.25, 0.3) is 0 Å². The summed E-state index contributed by atoms with van der Waals surface area (Å²) in [5, 5.41) is 9.44. The van der Waals surface area contributed by atoms with Crippen molar-refractivity contribution in [1.82, 2.24) is 0 Å². The summed E-state index contributed by atoms with van der Waals surface area (Å²) in [6, 6.07) is 7.42. The molecular weight excluding hydrogens is 176 g/mol.